The molecule has 0 bridgehead atoms. The highest BCUT2D eigenvalue weighted by Gasteiger charge is 2.08. The highest BCUT2D eigenvalue weighted by atomic mass is 32.2. The molecule has 0 saturated carbocycles. The Hall–Kier alpha value is -3.12. The van der Waals surface area contributed by atoms with Crippen molar-refractivity contribution in [1.29, 1.82) is 0 Å². The van der Waals surface area contributed by atoms with E-state index < -0.39 is 5.97 Å². The van der Waals surface area contributed by atoms with Crippen LogP contribution in [0.3, 0.4) is 0 Å². The first kappa shape index (κ1) is 18.3. The maximum atomic E-state index is 10.8. The molecule has 0 aliphatic heterocycles. The monoisotopic (exact) mass is 388 g/mol. The van der Waals surface area contributed by atoms with Crippen LogP contribution >= 0.6 is 11.8 Å². The van der Waals surface area contributed by atoms with Crippen molar-refractivity contribution in [3.05, 3.63) is 77.0 Å². The van der Waals surface area contributed by atoms with Crippen LogP contribution in [0.2, 0.25) is 0 Å². The van der Waals surface area contributed by atoms with E-state index in [0.717, 1.165) is 33.0 Å². The number of nitrogens with one attached hydrogen (secondary N) is 1. The summed E-state index contributed by atoms with van der Waals surface area (Å²) in [6, 6.07) is 14.9. The molecule has 6 heteroatoms. The molecule has 0 atom stereocenters. The molecule has 0 aliphatic carbocycles. The Bertz CT molecular complexity index is 1110. The first-order valence-electron chi connectivity index (χ1n) is 8.86. The lowest BCUT2D eigenvalue weighted by atomic mass is 10.1. The maximum absolute atomic E-state index is 10.8. The maximum Gasteiger partial charge on any atom is 0.140 e. The minimum Gasteiger partial charge on any atom is -0.545 e. The first-order chi connectivity index (χ1) is 13.5. The number of fused-ring (bicyclic) bond motifs is 1. The van der Waals surface area contributed by atoms with Crippen molar-refractivity contribution in [2.24, 2.45) is 0 Å². The third kappa shape index (κ3) is 3.77. The summed E-state index contributed by atoms with van der Waals surface area (Å²) in [7, 11) is 0. The highest BCUT2D eigenvalue weighted by Crippen LogP contribution is 2.25. The molecule has 4 aromatic rings. The van der Waals surface area contributed by atoms with Crippen LogP contribution in [0.15, 0.2) is 59.8 Å². The van der Waals surface area contributed by atoms with Gasteiger partial charge in [0.25, 0.3) is 0 Å². The predicted octanol–water partition coefficient (Wildman–Crippen LogP) is 3.90. The summed E-state index contributed by atoms with van der Waals surface area (Å²) >= 11 is 1.60. The third-order valence-corrected chi connectivity index (χ3v) is 5.70. The van der Waals surface area contributed by atoms with Gasteiger partial charge >= 0.3 is 0 Å². The summed E-state index contributed by atoms with van der Waals surface area (Å²) in [4.78, 5) is 23.4. The van der Waals surface area contributed by atoms with Crippen LogP contribution in [0.4, 0.5) is 0 Å². The fraction of sp³-hybridized carbons (Fsp3) is 0.136. The molecule has 5 nitrogen and oxygen atoms in total. The van der Waals surface area contributed by atoms with Crippen LogP contribution in [-0.2, 0) is 5.75 Å². The first-order valence-corrected chi connectivity index (χ1v) is 9.84. The van der Waals surface area contributed by atoms with Crippen molar-refractivity contribution < 1.29 is 9.90 Å². The van der Waals surface area contributed by atoms with Crippen LogP contribution in [0, 0.1) is 13.8 Å². The second-order valence-electron chi connectivity index (χ2n) is 6.70. The Morgan fingerprint density at radius 2 is 1.82 bits per heavy atom. The molecule has 1 N–H and O–H groups in total. The number of carbonyl (C=O) groups is 1. The zero-order valence-electron chi connectivity index (χ0n) is 15.5. The number of aryl methyl sites for hydroxylation is 2. The molecule has 2 aromatic carbocycles. The van der Waals surface area contributed by atoms with Gasteiger partial charge < -0.3 is 14.9 Å². The lowest BCUT2D eigenvalue weighted by molar-refractivity contribution is -0.255. The minimum atomic E-state index is -1.16. The molecular weight excluding hydrogens is 370 g/mol. The van der Waals surface area contributed by atoms with Crippen LogP contribution < -0.4 is 5.11 Å². The molecule has 0 aliphatic rings. The summed E-state index contributed by atoms with van der Waals surface area (Å²) in [5.41, 5.74) is 6.60. The number of benzene rings is 2. The number of thioether (sulfide) groups is 1. The van der Waals surface area contributed by atoms with Crippen LogP contribution in [0.5, 0.6) is 0 Å². The summed E-state index contributed by atoms with van der Waals surface area (Å²) < 4.78 is 0. The molecule has 0 unspecified atom stereocenters. The second-order valence-corrected chi connectivity index (χ2v) is 7.69. The number of rotatable bonds is 5. The number of carboxylic acid groups (broad SMARTS) is 1. The van der Waals surface area contributed by atoms with E-state index in [1.807, 2.05) is 18.3 Å². The number of aromatic carboxylic acids is 1. The molecule has 0 spiro atoms. The van der Waals surface area contributed by atoms with E-state index in [1.54, 1.807) is 36.0 Å². The van der Waals surface area contributed by atoms with Crippen molar-refractivity contribution in [3.63, 3.8) is 0 Å². The van der Waals surface area contributed by atoms with Crippen molar-refractivity contribution >= 4 is 28.8 Å². The van der Waals surface area contributed by atoms with Crippen LogP contribution in [0.25, 0.3) is 22.4 Å². The molecular formula is C22H18N3O2S-. The standard InChI is InChI=1S/C22H19N3O2S/c1-13-9-18-19(10-14(13)2)25-21(24-18)17-7-8-20(23-11-17)28-12-15-3-5-16(6-4-15)22(26)27/h3-11H,12H2,1-2H3,(H,24,25)(H,26,27)/p-1. The highest BCUT2D eigenvalue weighted by molar-refractivity contribution is 7.98. The van der Waals surface area contributed by atoms with Gasteiger partial charge in [0.15, 0.2) is 0 Å². The summed E-state index contributed by atoms with van der Waals surface area (Å²) in [6.45, 7) is 4.18. The quantitative estimate of drug-likeness (QED) is 0.525. The summed E-state index contributed by atoms with van der Waals surface area (Å²) in [5, 5.41) is 11.7. The molecule has 28 heavy (non-hydrogen) atoms. The molecule has 0 saturated heterocycles. The number of aromatic amines is 1. The number of H-pyrrole nitrogens is 1. The number of aromatic nitrogens is 3. The topological polar surface area (TPSA) is 81.7 Å². The zero-order valence-corrected chi connectivity index (χ0v) is 16.3. The number of hydrogen-bond acceptors (Lipinski definition) is 5. The van der Waals surface area contributed by atoms with Gasteiger partial charge in [0.05, 0.1) is 22.0 Å². The lowest BCUT2D eigenvalue weighted by Gasteiger charge is -2.05. The van der Waals surface area contributed by atoms with Gasteiger partial charge in [-0.15, -0.1) is 11.8 Å². The van der Waals surface area contributed by atoms with Gasteiger partial charge in [-0.05, 0) is 60.4 Å². The van der Waals surface area contributed by atoms with E-state index in [0.29, 0.717) is 5.75 Å². The Labute approximate surface area is 166 Å². The number of carboxylic acids is 1. The van der Waals surface area contributed by atoms with Gasteiger partial charge in [-0.2, -0.15) is 0 Å². The average molecular weight is 388 g/mol. The SMILES string of the molecule is Cc1cc2nc(-c3ccc(SCc4ccc(C(=O)[O-])cc4)nc3)[nH]c2cc1C. The molecule has 2 aromatic heterocycles. The van der Waals surface area contributed by atoms with Gasteiger partial charge in [-0.3, -0.25) is 0 Å². The summed E-state index contributed by atoms with van der Waals surface area (Å²) in [6.07, 6.45) is 1.82. The molecule has 0 radical (unpaired) electrons. The number of carbonyl (C=O) groups excluding carboxylic acids is 1. The van der Waals surface area contributed by atoms with E-state index in [-0.39, 0.29) is 5.56 Å². The van der Waals surface area contributed by atoms with Crippen molar-refractivity contribution in [2.75, 3.05) is 0 Å². The molecule has 2 heterocycles. The Balaban J connectivity index is 1.47. The number of hydrogen-bond donors (Lipinski definition) is 1. The van der Waals surface area contributed by atoms with Gasteiger partial charge in [0.2, 0.25) is 0 Å². The van der Waals surface area contributed by atoms with Crippen LogP contribution in [-0.4, -0.2) is 20.9 Å². The Kier molecular flexibility index (Phi) is 4.88. The van der Waals surface area contributed by atoms with E-state index >= 15 is 0 Å². The normalized spacial score (nSPS) is 11.1. The molecule has 0 fully saturated rings. The van der Waals surface area contributed by atoms with E-state index in [1.165, 1.54) is 11.1 Å². The third-order valence-electron chi connectivity index (χ3n) is 4.68. The molecule has 140 valence electrons. The summed E-state index contributed by atoms with van der Waals surface area (Å²) in [5.74, 6) is 0.359. The Morgan fingerprint density at radius 3 is 2.50 bits per heavy atom. The predicted molar refractivity (Wildman–Crippen MR) is 109 cm³/mol. The molecule has 0 amide bonds. The van der Waals surface area contributed by atoms with Crippen LogP contribution in [0.1, 0.15) is 27.0 Å². The van der Waals surface area contributed by atoms with Gasteiger partial charge in [0, 0.05) is 17.5 Å². The van der Waals surface area contributed by atoms with E-state index in [9.17, 15) is 9.90 Å². The largest absolute Gasteiger partial charge is 0.545 e. The fourth-order valence-corrected chi connectivity index (χ4v) is 3.70. The van der Waals surface area contributed by atoms with E-state index in [4.69, 9.17) is 0 Å². The minimum absolute atomic E-state index is 0.187. The van der Waals surface area contributed by atoms with Gasteiger partial charge in [-0.25, -0.2) is 9.97 Å². The fourth-order valence-electron chi connectivity index (χ4n) is 2.91. The van der Waals surface area contributed by atoms with E-state index in [2.05, 4.69) is 40.9 Å². The van der Waals surface area contributed by atoms with Crippen molar-refractivity contribution in [3.8, 4) is 11.4 Å². The van der Waals surface area contributed by atoms with Crippen molar-refractivity contribution in [2.45, 2.75) is 24.6 Å². The number of pyridine rings is 1. The Morgan fingerprint density at radius 1 is 1.07 bits per heavy atom. The van der Waals surface area contributed by atoms with Crippen molar-refractivity contribution in [1.82, 2.24) is 15.0 Å². The second kappa shape index (κ2) is 7.48. The molecule has 4 rings (SSSR count). The number of imidazole rings is 1. The van der Waals surface area contributed by atoms with Gasteiger partial charge in [-0.1, -0.05) is 24.3 Å². The number of nitrogens with zero attached hydrogens (tertiary/aromatic N) is 2. The van der Waals surface area contributed by atoms with Gasteiger partial charge in [0.1, 0.15) is 5.82 Å². The zero-order chi connectivity index (χ0) is 19.7. The lowest BCUT2D eigenvalue weighted by Crippen LogP contribution is -2.21. The smallest absolute Gasteiger partial charge is 0.140 e. The average Bonchev–Trinajstić information content (AvgIpc) is 3.10.